The van der Waals surface area contributed by atoms with Gasteiger partial charge in [-0.2, -0.15) is 0 Å². The topological polar surface area (TPSA) is 74.9 Å². The Bertz CT molecular complexity index is 1030. The van der Waals surface area contributed by atoms with Gasteiger partial charge in [0.15, 0.2) is 3.95 Å². The van der Waals surface area contributed by atoms with Crippen molar-refractivity contribution in [2.24, 2.45) is 4.99 Å². The van der Waals surface area contributed by atoms with Crippen molar-refractivity contribution in [2.75, 3.05) is 17.2 Å². The van der Waals surface area contributed by atoms with E-state index in [1.807, 2.05) is 13.8 Å². The second-order valence-corrected chi connectivity index (χ2v) is 9.79. The molecule has 1 atom stereocenters. The number of aromatic nitrogens is 1. The van der Waals surface area contributed by atoms with Gasteiger partial charge in [-0.25, -0.2) is 4.90 Å². The summed E-state index contributed by atoms with van der Waals surface area (Å²) in [6.07, 6.45) is 1.77. The van der Waals surface area contributed by atoms with Crippen molar-refractivity contribution in [3.05, 3.63) is 37.6 Å². The third kappa shape index (κ3) is 4.74. The number of nitrogens with zero attached hydrogens (tertiary/aromatic N) is 3. The van der Waals surface area contributed by atoms with Crippen molar-refractivity contribution in [1.29, 1.82) is 0 Å². The minimum absolute atomic E-state index is 0.128. The molecule has 1 aromatic heterocycles. The maximum absolute atomic E-state index is 12.7. The van der Waals surface area contributed by atoms with Crippen molar-refractivity contribution in [1.82, 2.24) is 4.57 Å². The van der Waals surface area contributed by atoms with Gasteiger partial charge in [0.2, 0.25) is 17.7 Å². The second-order valence-electron chi connectivity index (χ2n) is 6.40. The molecule has 29 heavy (non-hydrogen) atoms. The molecule has 1 aliphatic rings. The summed E-state index contributed by atoms with van der Waals surface area (Å²) in [6.45, 7) is 4.85. The predicted octanol–water partition coefficient (Wildman–Crippen LogP) is 4.45. The number of rotatable bonds is 7. The standard InChI is InChI=1S/C19H20ClN3O3S3/c1-3-22-17(25)15(29-19(22)27)10-21-6-7-28-14-9-16(24)23(18(14)26)12-5-4-11(2)13(20)8-12/h4-5,8,10,14,25H,3,6-7,9H2,1-2H3/t14-/m0/s1. The summed E-state index contributed by atoms with van der Waals surface area (Å²) in [7, 11) is 0. The molecule has 3 rings (SSSR count). The first-order valence-corrected chi connectivity index (χ1v) is 11.7. The molecule has 6 nitrogen and oxygen atoms in total. The molecule has 2 heterocycles. The highest BCUT2D eigenvalue weighted by molar-refractivity contribution is 8.00. The van der Waals surface area contributed by atoms with Crippen molar-refractivity contribution in [2.45, 2.75) is 32.1 Å². The quantitative estimate of drug-likeness (QED) is 0.280. The molecule has 2 amide bonds. The van der Waals surface area contributed by atoms with Crippen molar-refractivity contribution in [3.8, 4) is 5.88 Å². The Balaban J connectivity index is 1.56. The van der Waals surface area contributed by atoms with E-state index in [-0.39, 0.29) is 24.1 Å². The van der Waals surface area contributed by atoms with E-state index >= 15 is 0 Å². The van der Waals surface area contributed by atoms with Crippen LogP contribution >= 0.6 is 46.9 Å². The fraction of sp³-hybridized carbons (Fsp3) is 0.368. The van der Waals surface area contributed by atoms with Gasteiger partial charge >= 0.3 is 0 Å². The van der Waals surface area contributed by atoms with Crippen LogP contribution in [0.3, 0.4) is 0 Å². The van der Waals surface area contributed by atoms with Crippen molar-refractivity contribution < 1.29 is 14.7 Å². The average Bonchev–Trinajstić information content (AvgIpc) is 3.12. The number of aryl methyl sites for hydroxylation is 1. The summed E-state index contributed by atoms with van der Waals surface area (Å²) < 4.78 is 2.25. The number of hydrogen-bond donors (Lipinski definition) is 1. The van der Waals surface area contributed by atoms with Gasteiger partial charge in [-0.3, -0.25) is 19.1 Å². The van der Waals surface area contributed by atoms with Crippen LogP contribution in [0.5, 0.6) is 5.88 Å². The molecule has 1 fully saturated rings. The Morgan fingerprint density at radius 1 is 1.45 bits per heavy atom. The van der Waals surface area contributed by atoms with Gasteiger partial charge in [0.05, 0.1) is 10.9 Å². The number of anilines is 1. The van der Waals surface area contributed by atoms with E-state index in [9.17, 15) is 14.7 Å². The van der Waals surface area contributed by atoms with Crippen LogP contribution in [0.2, 0.25) is 5.02 Å². The summed E-state index contributed by atoms with van der Waals surface area (Å²) in [5.74, 6) is 0.271. The van der Waals surface area contributed by atoms with E-state index in [1.54, 1.807) is 29.0 Å². The maximum atomic E-state index is 12.7. The molecule has 0 saturated carbocycles. The fourth-order valence-corrected chi connectivity index (χ4v) is 5.40. The lowest BCUT2D eigenvalue weighted by atomic mass is 10.2. The number of imide groups is 1. The van der Waals surface area contributed by atoms with Crippen LogP contribution in [0.4, 0.5) is 5.69 Å². The zero-order valence-corrected chi connectivity index (χ0v) is 19.1. The van der Waals surface area contributed by atoms with Crippen LogP contribution in [-0.2, 0) is 16.1 Å². The fourth-order valence-electron chi connectivity index (χ4n) is 2.90. The molecule has 1 N–H and O–H groups in total. The lowest BCUT2D eigenvalue weighted by Crippen LogP contribution is -2.31. The highest BCUT2D eigenvalue weighted by Gasteiger charge is 2.39. The molecule has 0 spiro atoms. The van der Waals surface area contributed by atoms with Crippen LogP contribution in [0.15, 0.2) is 23.2 Å². The third-order valence-electron chi connectivity index (χ3n) is 4.48. The molecule has 10 heteroatoms. The van der Waals surface area contributed by atoms with E-state index in [0.717, 1.165) is 5.56 Å². The number of thiazole rings is 1. The monoisotopic (exact) mass is 469 g/mol. The van der Waals surface area contributed by atoms with E-state index in [0.29, 0.717) is 38.4 Å². The first kappa shape index (κ1) is 22.0. The van der Waals surface area contributed by atoms with Crippen molar-refractivity contribution >= 4 is 70.6 Å². The molecule has 2 aromatic rings. The lowest BCUT2D eigenvalue weighted by Gasteiger charge is -2.15. The van der Waals surface area contributed by atoms with Gasteiger partial charge in [-0.05, 0) is 43.8 Å². The Morgan fingerprint density at radius 3 is 2.86 bits per heavy atom. The molecule has 0 bridgehead atoms. The summed E-state index contributed by atoms with van der Waals surface area (Å²) in [4.78, 5) is 31.2. The highest BCUT2D eigenvalue weighted by Crippen LogP contribution is 2.32. The molecular formula is C19H20ClN3O3S3. The first-order valence-electron chi connectivity index (χ1n) is 9.00. The zero-order valence-electron chi connectivity index (χ0n) is 15.9. The molecule has 1 aromatic carbocycles. The van der Waals surface area contributed by atoms with E-state index < -0.39 is 5.25 Å². The average molecular weight is 470 g/mol. The van der Waals surface area contributed by atoms with Crippen LogP contribution in [0.25, 0.3) is 0 Å². The lowest BCUT2D eigenvalue weighted by molar-refractivity contribution is -0.121. The Kier molecular flexibility index (Phi) is 7.15. The second kappa shape index (κ2) is 9.42. The Hall–Kier alpha value is -1.68. The first-order chi connectivity index (χ1) is 13.8. The molecule has 0 radical (unpaired) electrons. The normalized spacial score (nSPS) is 17.1. The molecule has 1 saturated heterocycles. The third-order valence-corrected chi connectivity index (χ3v) is 7.45. The number of hydrogen-bond acceptors (Lipinski definition) is 7. The molecule has 1 aliphatic heterocycles. The molecule has 154 valence electrons. The van der Waals surface area contributed by atoms with Gasteiger partial charge in [0.25, 0.3) is 0 Å². The highest BCUT2D eigenvalue weighted by atomic mass is 35.5. The minimum atomic E-state index is -0.422. The zero-order chi connectivity index (χ0) is 21.1. The van der Waals surface area contributed by atoms with Crippen molar-refractivity contribution in [3.63, 3.8) is 0 Å². The number of halogens is 1. The molecule has 0 aliphatic carbocycles. The number of aromatic hydroxyl groups is 1. The van der Waals surface area contributed by atoms with Gasteiger partial charge in [-0.15, -0.1) is 11.8 Å². The van der Waals surface area contributed by atoms with Gasteiger partial charge in [0.1, 0.15) is 4.88 Å². The van der Waals surface area contributed by atoms with Crippen LogP contribution in [0, 0.1) is 10.9 Å². The smallest absolute Gasteiger partial charge is 0.247 e. The van der Waals surface area contributed by atoms with Crippen LogP contribution in [-0.4, -0.2) is 45.3 Å². The molecule has 0 unspecified atom stereocenters. The largest absolute Gasteiger partial charge is 0.493 e. The molecular weight excluding hydrogens is 450 g/mol. The number of carbonyl (C=O) groups excluding carboxylic acids is 2. The number of amides is 2. The van der Waals surface area contributed by atoms with E-state index in [1.165, 1.54) is 28.0 Å². The van der Waals surface area contributed by atoms with Crippen LogP contribution < -0.4 is 4.90 Å². The number of benzene rings is 1. The Morgan fingerprint density at radius 2 is 2.21 bits per heavy atom. The van der Waals surface area contributed by atoms with Gasteiger partial charge in [-0.1, -0.05) is 29.0 Å². The van der Waals surface area contributed by atoms with Gasteiger partial charge in [0, 0.05) is 36.5 Å². The number of aliphatic imine (C=N–C) groups is 1. The van der Waals surface area contributed by atoms with E-state index in [4.69, 9.17) is 23.8 Å². The van der Waals surface area contributed by atoms with Crippen LogP contribution in [0.1, 0.15) is 23.8 Å². The number of carbonyl (C=O) groups is 2. The predicted molar refractivity (Wildman–Crippen MR) is 122 cm³/mol. The maximum Gasteiger partial charge on any atom is 0.247 e. The number of thioether (sulfide) groups is 1. The minimum Gasteiger partial charge on any atom is -0.493 e. The van der Waals surface area contributed by atoms with E-state index in [2.05, 4.69) is 4.99 Å². The summed E-state index contributed by atoms with van der Waals surface area (Å²) in [5, 5.41) is 10.2. The Labute approximate surface area is 187 Å². The summed E-state index contributed by atoms with van der Waals surface area (Å²) in [5.41, 5.74) is 1.40. The summed E-state index contributed by atoms with van der Waals surface area (Å²) in [6, 6.07) is 5.18. The van der Waals surface area contributed by atoms with Gasteiger partial charge < -0.3 is 5.11 Å². The SMILES string of the molecule is CCn1c(O)c(C=NCCS[C@H]2CC(=O)N(c3ccc(C)c(Cl)c3)C2=O)sc1=S. The summed E-state index contributed by atoms with van der Waals surface area (Å²) >= 11 is 14.0.